The van der Waals surface area contributed by atoms with E-state index in [4.69, 9.17) is 14.7 Å². The number of aromatic nitrogens is 3. The minimum absolute atomic E-state index is 0.0864. The first-order chi connectivity index (χ1) is 27.5. The first-order valence-corrected chi connectivity index (χ1v) is 21.1. The van der Waals surface area contributed by atoms with Crippen molar-refractivity contribution in [3.8, 4) is 5.75 Å². The summed E-state index contributed by atoms with van der Waals surface area (Å²) < 4.78 is 21.6. The van der Waals surface area contributed by atoms with Gasteiger partial charge in [-0.3, -0.25) is 14.6 Å². The smallest absolute Gasteiger partial charge is 0.255 e. The second kappa shape index (κ2) is 13.8. The van der Waals surface area contributed by atoms with Crippen LogP contribution >= 0.6 is 0 Å². The Bertz CT molecular complexity index is 2180. The van der Waals surface area contributed by atoms with Crippen LogP contribution in [0.2, 0.25) is 0 Å². The van der Waals surface area contributed by atoms with Gasteiger partial charge in [0.15, 0.2) is 0 Å². The number of nitrogens with one attached hydrogen (secondary N) is 1. The van der Waals surface area contributed by atoms with E-state index in [2.05, 4.69) is 55.8 Å². The molecule has 6 aliphatic rings. The molecule has 7 heterocycles. The zero-order valence-corrected chi connectivity index (χ0v) is 33.7. The molecule has 4 atom stereocenters. The standard InChI is InChI=1S/C45H55FN8O3/c1-28-17-35-33-7-5-6-8-37(33)49-39(35)40(54(28)25-44(3,4)46)31-18-47-43(48-19-31)51-26-45(27-51)13-11-30(12-14-45)20-50-15-16-52-32(21-50)24-57-41-36-22-53(29(2)23-55)42(56)34(36)9-10-38(41)52/h5-10,18-19,23,28-30,32,40,49H,11-17,20-22,24-27H2,1-4H3/t28-,29?,32-,40-/m1/s1. The number of benzene rings is 2. The van der Waals surface area contributed by atoms with E-state index >= 15 is 4.39 Å². The Morgan fingerprint density at radius 2 is 1.84 bits per heavy atom. The lowest BCUT2D eigenvalue weighted by Crippen LogP contribution is -2.59. The summed E-state index contributed by atoms with van der Waals surface area (Å²) in [5, 5.41) is 1.25. The Morgan fingerprint density at radius 1 is 1.07 bits per heavy atom. The molecule has 57 heavy (non-hydrogen) atoms. The van der Waals surface area contributed by atoms with Crippen LogP contribution in [0.15, 0.2) is 48.8 Å². The van der Waals surface area contributed by atoms with Crippen LogP contribution in [0.25, 0.3) is 10.9 Å². The van der Waals surface area contributed by atoms with E-state index in [1.54, 1.807) is 25.7 Å². The number of halogens is 1. The van der Waals surface area contributed by atoms with E-state index in [0.717, 1.165) is 91.7 Å². The SMILES string of the molecule is CC(C=O)N1Cc2c(ccc3c2OC[C@H]2CN(CC4CCC5(CC4)CN(c4ncc([C@@H]6c7[nH]c8ccccc8c7C[C@@H](C)N6CC(C)(C)F)cn4)C5)CCN32)C1=O. The van der Waals surface area contributed by atoms with Crippen molar-refractivity contribution < 1.29 is 18.7 Å². The zero-order valence-electron chi connectivity index (χ0n) is 33.7. The Balaban J connectivity index is 0.748. The zero-order chi connectivity index (χ0) is 39.2. The number of fused-ring (bicyclic) bond motifs is 8. The molecule has 11 nitrogen and oxygen atoms in total. The van der Waals surface area contributed by atoms with E-state index in [9.17, 15) is 9.59 Å². The fraction of sp³-hybridized carbons (Fsp3) is 0.556. The van der Waals surface area contributed by atoms with Crippen LogP contribution in [0.5, 0.6) is 5.75 Å². The number of para-hydroxylation sites is 1. The number of rotatable bonds is 8. The van der Waals surface area contributed by atoms with Gasteiger partial charge in [-0.05, 0) is 89.5 Å². The van der Waals surface area contributed by atoms with Crippen molar-refractivity contribution in [1.29, 1.82) is 0 Å². The monoisotopic (exact) mass is 774 g/mol. The van der Waals surface area contributed by atoms with Crippen molar-refractivity contribution in [2.24, 2.45) is 11.3 Å². The largest absolute Gasteiger partial charge is 0.489 e. The normalized spacial score (nSPS) is 25.5. The van der Waals surface area contributed by atoms with Gasteiger partial charge in [0.25, 0.3) is 5.91 Å². The highest BCUT2D eigenvalue weighted by Crippen LogP contribution is 2.48. The topological polar surface area (TPSA) is 101 Å². The van der Waals surface area contributed by atoms with Crippen molar-refractivity contribution in [2.75, 3.05) is 62.2 Å². The predicted molar refractivity (Wildman–Crippen MR) is 219 cm³/mol. The van der Waals surface area contributed by atoms with Gasteiger partial charge in [-0.15, -0.1) is 0 Å². The van der Waals surface area contributed by atoms with Crippen LogP contribution in [-0.2, 0) is 17.8 Å². The van der Waals surface area contributed by atoms with Gasteiger partial charge in [0, 0.05) is 103 Å². The molecule has 1 saturated carbocycles. The third-order valence-electron chi connectivity index (χ3n) is 14.1. The third kappa shape index (κ3) is 6.38. The molecule has 10 rings (SSSR count). The summed E-state index contributed by atoms with van der Waals surface area (Å²) in [6, 6.07) is 12.3. The molecule has 2 saturated heterocycles. The number of piperazine rings is 1. The van der Waals surface area contributed by atoms with Crippen LogP contribution < -0.4 is 14.5 Å². The molecule has 0 radical (unpaired) electrons. The van der Waals surface area contributed by atoms with Crippen LogP contribution in [0.1, 0.15) is 92.2 Å². The average molecular weight is 775 g/mol. The quantitative estimate of drug-likeness (QED) is 0.211. The van der Waals surface area contributed by atoms with Gasteiger partial charge in [0.1, 0.15) is 24.3 Å². The summed E-state index contributed by atoms with van der Waals surface area (Å²) in [7, 11) is 0. The van der Waals surface area contributed by atoms with Gasteiger partial charge in [-0.25, -0.2) is 14.4 Å². The molecule has 1 aliphatic carbocycles. The molecule has 3 fully saturated rings. The third-order valence-corrected chi connectivity index (χ3v) is 14.1. The number of aromatic amines is 1. The molecule has 2 aromatic carbocycles. The van der Waals surface area contributed by atoms with Gasteiger partial charge < -0.3 is 29.2 Å². The summed E-state index contributed by atoms with van der Waals surface area (Å²) in [5.74, 6) is 2.24. The molecule has 1 amide bonds. The highest BCUT2D eigenvalue weighted by Gasteiger charge is 2.47. The highest BCUT2D eigenvalue weighted by molar-refractivity contribution is 6.01. The molecule has 4 aromatic rings. The maximum atomic E-state index is 15.2. The Kier molecular flexibility index (Phi) is 8.89. The number of hydrogen-bond acceptors (Lipinski definition) is 9. The first kappa shape index (κ1) is 36.8. The van der Waals surface area contributed by atoms with Crippen LogP contribution in [-0.4, -0.2) is 118 Å². The van der Waals surface area contributed by atoms with Crippen molar-refractivity contribution in [3.05, 3.63) is 76.7 Å². The molecule has 1 unspecified atom stereocenters. The van der Waals surface area contributed by atoms with Crippen molar-refractivity contribution in [1.82, 2.24) is 29.7 Å². The molecular formula is C45H55FN8O3. The van der Waals surface area contributed by atoms with Crippen LogP contribution in [0.4, 0.5) is 16.0 Å². The van der Waals surface area contributed by atoms with E-state index in [-0.39, 0.29) is 24.0 Å². The molecule has 12 heteroatoms. The fourth-order valence-corrected chi connectivity index (χ4v) is 11.1. The predicted octanol–water partition coefficient (Wildman–Crippen LogP) is 6.17. The lowest BCUT2D eigenvalue weighted by Gasteiger charge is -2.54. The molecule has 300 valence electrons. The number of nitrogens with zero attached hydrogens (tertiary/aromatic N) is 7. The number of ether oxygens (including phenoxy) is 1. The minimum Gasteiger partial charge on any atom is -0.489 e. The number of alkyl halides is 1. The molecular weight excluding hydrogens is 720 g/mol. The number of hydrogen-bond donors (Lipinski definition) is 1. The van der Waals surface area contributed by atoms with Gasteiger partial charge in [-0.1, -0.05) is 18.2 Å². The number of H-pyrrole nitrogens is 1. The first-order valence-electron chi connectivity index (χ1n) is 21.1. The van der Waals surface area contributed by atoms with E-state index in [0.29, 0.717) is 36.6 Å². The summed E-state index contributed by atoms with van der Waals surface area (Å²) >= 11 is 0. The van der Waals surface area contributed by atoms with Gasteiger partial charge in [-0.2, -0.15) is 0 Å². The number of aldehydes is 1. The summed E-state index contributed by atoms with van der Waals surface area (Å²) in [4.78, 5) is 49.4. The number of anilines is 2. The van der Waals surface area contributed by atoms with E-state index in [1.807, 2.05) is 24.5 Å². The summed E-state index contributed by atoms with van der Waals surface area (Å²) in [6.07, 6.45) is 10.7. The second-order valence-corrected chi connectivity index (χ2v) is 18.7. The number of amides is 1. The van der Waals surface area contributed by atoms with Gasteiger partial charge in [0.05, 0.1) is 30.4 Å². The molecule has 2 aromatic heterocycles. The van der Waals surface area contributed by atoms with Gasteiger partial charge >= 0.3 is 0 Å². The molecule has 5 aliphatic heterocycles. The minimum atomic E-state index is -1.33. The number of carbonyl (C=O) groups is 2. The number of carbonyl (C=O) groups excluding carboxylic acids is 2. The average Bonchev–Trinajstić information content (AvgIpc) is 3.73. The molecule has 1 spiro atoms. The maximum Gasteiger partial charge on any atom is 0.255 e. The Hall–Kier alpha value is -4.55. The lowest BCUT2D eigenvalue weighted by atomic mass is 9.66. The van der Waals surface area contributed by atoms with Crippen LogP contribution in [0.3, 0.4) is 0 Å². The van der Waals surface area contributed by atoms with Crippen molar-refractivity contribution in [2.45, 2.75) is 96.2 Å². The van der Waals surface area contributed by atoms with E-state index < -0.39 is 11.7 Å². The van der Waals surface area contributed by atoms with Crippen molar-refractivity contribution in [3.63, 3.8) is 0 Å². The summed E-state index contributed by atoms with van der Waals surface area (Å²) in [5.41, 5.74) is 6.26. The maximum absolute atomic E-state index is 15.2. The molecule has 0 bridgehead atoms. The fourth-order valence-electron chi connectivity index (χ4n) is 11.1. The van der Waals surface area contributed by atoms with Crippen LogP contribution in [0, 0.1) is 11.3 Å². The lowest BCUT2D eigenvalue weighted by molar-refractivity contribution is -0.111. The Labute approximate surface area is 334 Å². The highest BCUT2D eigenvalue weighted by atomic mass is 19.1. The summed E-state index contributed by atoms with van der Waals surface area (Å²) in [6.45, 7) is 14.8. The second-order valence-electron chi connectivity index (χ2n) is 18.7. The van der Waals surface area contributed by atoms with Crippen molar-refractivity contribution >= 4 is 34.7 Å². The van der Waals surface area contributed by atoms with Gasteiger partial charge in [0.2, 0.25) is 5.95 Å². The molecule has 1 N–H and O–H groups in total. The Morgan fingerprint density at radius 3 is 2.60 bits per heavy atom. The van der Waals surface area contributed by atoms with E-state index in [1.165, 1.54) is 36.6 Å².